The van der Waals surface area contributed by atoms with Gasteiger partial charge in [-0.15, -0.1) is 0 Å². The second-order valence-corrected chi connectivity index (χ2v) is 6.65. The average molecular weight is 316 g/mol. The average Bonchev–Trinajstić information content (AvgIpc) is 2.37. The summed E-state index contributed by atoms with van der Waals surface area (Å²) in [6, 6.07) is 3.85. The maximum atomic E-state index is 11.9. The third kappa shape index (κ3) is 4.13. The normalized spacial score (nSPS) is 11.4. The number of nitro groups is 1. The number of amides is 1. The number of benzene rings is 1. The van der Waals surface area contributed by atoms with E-state index in [1.54, 1.807) is 0 Å². The van der Waals surface area contributed by atoms with Crippen LogP contribution in [0, 0.1) is 10.1 Å². The van der Waals surface area contributed by atoms with E-state index in [1.807, 2.05) is 0 Å². The van der Waals surface area contributed by atoms with Gasteiger partial charge < -0.3 is 11.1 Å². The molecule has 0 heterocycles. The Bertz CT molecular complexity index is 657. The van der Waals surface area contributed by atoms with Crippen LogP contribution in [0.1, 0.15) is 10.4 Å². The molecule has 1 amide bonds. The van der Waals surface area contributed by atoms with E-state index in [-0.39, 0.29) is 29.2 Å². The standard InChI is InChI=1S/C11H16N4O5S/c1-14(2)21(19,20)7-6-13-11(16)8-4-3-5-9(10(8)12)15(17)18/h3-5H,6-7,12H2,1-2H3,(H,13,16). The molecule has 1 aromatic carbocycles. The molecule has 0 spiro atoms. The Morgan fingerprint density at radius 1 is 1.43 bits per heavy atom. The Balaban J connectivity index is 2.78. The van der Waals surface area contributed by atoms with Crippen LogP contribution < -0.4 is 11.1 Å². The number of hydrogen-bond donors (Lipinski definition) is 2. The zero-order valence-corrected chi connectivity index (χ0v) is 12.4. The van der Waals surface area contributed by atoms with E-state index >= 15 is 0 Å². The Hall–Kier alpha value is -2.20. The van der Waals surface area contributed by atoms with Crippen LogP contribution in [0.25, 0.3) is 0 Å². The van der Waals surface area contributed by atoms with Crippen molar-refractivity contribution in [1.82, 2.24) is 9.62 Å². The highest BCUT2D eigenvalue weighted by Gasteiger charge is 2.19. The molecule has 0 aliphatic rings. The smallest absolute Gasteiger partial charge is 0.292 e. The second-order valence-electron chi connectivity index (χ2n) is 4.35. The summed E-state index contributed by atoms with van der Waals surface area (Å²) in [7, 11) is -0.659. The van der Waals surface area contributed by atoms with Crippen molar-refractivity contribution in [1.29, 1.82) is 0 Å². The minimum Gasteiger partial charge on any atom is -0.393 e. The minimum absolute atomic E-state index is 0.0635. The molecule has 0 bridgehead atoms. The highest BCUT2D eigenvalue weighted by molar-refractivity contribution is 7.89. The van der Waals surface area contributed by atoms with Gasteiger partial charge in [-0.1, -0.05) is 6.07 Å². The van der Waals surface area contributed by atoms with Gasteiger partial charge in [0.25, 0.3) is 11.6 Å². The fourth-order valence-electron chi connectivity index (χ4n) is 1.48. The quantitative estimate of drug-likeness (QED) is 0.424. The highest BCUT2D eigenvalue weighted by Crippen LogP contribution is 2.24. The number of nitrogens with one attached hydrogen (secondary N) is 1. The predicted molar refractivity (Wildman–Crippen MR) is 77.3 cm³/mol. The molecule has 0 saturated heterocycles. The number of nitrogens with zero attached hydrogens (tertiary/aromatic N) is 2. The summed E-state index contributed by atoms with van der Waals surface area (Å²) in [5.41, 5.74) is 4.87. The Morgan fingerprint density at radius 3 is 2.57 bits per heavy atom. The zero-order valence-electron chi connectivity index (χ0n) is 11.6. The first-order valence-electron chi connectivity index (χ1n) is 5.88. The van der Waals surface area contributed by atoms with Gasteiger partial charge in [-0.3, -0.25) is 14.9 Å². The molecule has 0 unspecified atom stereocenters. The van der Waals surface area contributed by atoms with E-state index in [1.165, 1.54) is 32.3 Å². The number of para-hydroxylation sites is 1. The van der Waals surface area contributed by atoms with Gasteiger partial charge in [0.05, 0.1) is 16.2 Å². The third-order valence-electron chi connectivity index (χ3n) is 2.73. The molecule has 10 heteroatoms. The molecule has 116 valence electrons. The van der Waals surface area contributed by atoms with Crippen LogP contribution in [-0.4, -0.2) is 49.9 Å². The number of nitro benzene ring substituents is 1. The minimum atomic E-state index is -3.43. The molecule has 21 heavy (non-hydrogen) atoms. The monoisotopic (exact) mass is 316 g/mol. The first-order chi connectivity index (χ1) is 9.66. The molecule has 0 aromatic heterocycles. The molecule has 0 atom stereocenters. The molecule has 1 rings (SSSR count). The van der Waals surface area contributed by atoms with Crippen molar-refractivity contribution in [2.45, 2.75) is 0 Å². The lowest BCUT2D eigenvalue weighted by Crippen LogP contribution is -2.34. The Labute approximate surface area is 121 Å². The van der Waals surface area contributed by atoms with Crippen molar-refractivity contribution < 1.29 is 18.1 Å². The number of carbonyl (C=O) groups excluding carboxylic acids is 1. The van der Waals surface area contributed by atoms with Crippen LogP contribution in [0.5, 0.6) is 0 Å². The maximum Gasteiger partial charge on any atom is 0.292 e. The van der Waals surface area contributed by atoms with E-state index in [4.69, 9.17) is 5.73 Å². The SMILES string of the molecule is CN(C)S(=O)(=O)CCNC(=O)c1cccc([N+](=O)[O-])c1N. The van der Waals surface area contributed by atoms with Gasteiger partial charge in [0.15, 0.2) is 0 Å². The summed E-state index contributed by atoms with van der Waals surface area (Å²) < 4.78 is 24.1. The van der Waals surface area contributed by atoms with Crippen LogP contribution in [0.3, 0.4) is 0 Å². The second kappa shape index (κ2) is 6.50. The molecular formula is C11H16N4O5S. The third-order valence-corrected chi connectivity index (χ3v) is 4.56. The lowest BCUT2D eigenvalue weighted by molar-refractivity contribution is -0.383. The number of nitrogens with two attached hydrogens (primary N) is 1. The summed E-state index contributed by atoms with van der Waals surface area (Å²) in [5.74, 6) is -0.939. The van der Waals surface area contributed by atoms with Crippen LogP contribution in [0.2, 0.25) is 0 Å². The van der Waals surface area contributed by atoms with Gasteiger partial charge in [-0.25, -0.2) is 12.7 Å². The van der Waals surface area contributed by atoms with Gasteiger partial charge in [-0.2, -0.15) is 0 Å². The molecule has 1 aromatic rings. The molecule has 3 N–H and O–H groups in total. The number of anilines is 1. The first kappa shape index (κ1) is 16.9. The van der Waals surface area contributed by atoms with Gasteiger partial charge in [-0.05, 0) is 6.07 Å². The first-order valence-corrected chi connectivity index (χ1v) is 7.49. The van der Waals surface area contributed by atoms with Gasteiger partial charge in [0.1, 0.15) is 5.69 Å². The van der Waals surface area contributed by atoms with E-state index in [2.05, 4.69) is 5.32 Å². The Kier molecular flexibility index (Phi) is 5.22. The number of hydrogen-bond acceptors (Lipinski definition) is 6. The van der Waals surface area contributed by atoms with Crippen LogP contribution in [-0.2, 0) is 10.0 Å². The number of sulfonamides is 1. The van der Waals surface area contributed by atoms with Crippen molar-refractivity contribution in [3.05, 3.63) is 33.9 Å². The lowest BCUT2D eigenvalue weighted by Gasteiger charge is -2.12. The molecule has 9 nitrogen and oxygen atoms in total. The molecule has 0 saturated carbocycles. The highest BCUT2D eigenvalue weighted by atomic mass is 32.2. The summed E-state index contributed by atoms with van der Waals surface area (Å²) in [6.45, 7) is -0.124. The maximum absolute atomic E-state index is 11.9. The van der Waals surface area contributed by atoms with Crippen molar-refractivity contribution >= 4 is 27.3 Å². The van der Waals surface area contributed by atoms with Crippen molar-refractivity contribution in [2.24, 2.45) is 0 Å². The summed E-state index contributed by atoms with van der Waals surface area (Å²) in [6.07, 6.45) is 0. The van der Waals surface area contributed by atoms with E-state index in [9.17, 15) is 23.3 Å². The summed E-state index contributed by atoms with van der Waals surface area (Å²) in [5, 5.41) is 13.1. The Morgan fingerprint density at radius 2 is 2.05 bits per heavy atom. The van der Waals surface area contributed by atoms with Gasteiger partial charge >= 0.3 is 0 Å². The topological polar surface area (TPSA) is 136 Å². The molecule has 0 aliphatic heterocycles. The van der Waals surface area contributed by atoms with Gasteiger partial charge in [0, 0.05) is 26.7 Å². The fraction of sp³-hybridized carbons (Fsp3) is 0.364. The van der Waals surface area contributed by atoms with E-state index in [0.717, 1.165) is 4.31 Å². The van der Waals surface area contributed by atoms with Crippen LogP contribution in [0.4, 0.5) is 11.4 Å². The van der Waals surface area contributed by atoms with E-state index < -0.39 is 20.9 Å². The largest absolute Gasteiger partial charge is 0.393 e. The molecule has 0 aliphatic carbocycles. The summed E-state index contributed by atoms with van der Waals surface area (Å²) >= 11 is 0. The fourth-order valence-corrected chi connectivity index (χ4v) is 2.21. The molecule has 0 fully saturated rings. The number of carbonyl (C=O) groups is 1. The van der Waals surface area contributed by atoms with Crippen molar-refractivity contribution in [3.63, 3.8) is 0 Å². The predicted octanol–water partition coefficient (Wildman–Crippen LogP) is -0.202. The lowest BCUT2D eigenvalue weighted by atomic mass is 10.1. The van der Waals surface area contributed by atoms with Crippen LogP contribution in [0.15, 0.2) is 18.2 Å². The van der Waals surface area contributed by atoms with Gasteiger partial charge in [0.2, 0.25) is 10.0 Å². The van der Waals surface area contributed by atoms with E-state index in [0.29, 0.717) is 0 Å². The number of nitrogen functional groups attached to an aromatic ring is 1. The van der Waals surface area contributed by atoms with Crippen molar-refractivity contribution in [2.75, 3.05) is 32.1 Å². The molecule has 0 radical (unpaired) electrons. The van der Waals surface area contributed by atoms with Crippen molar-refractivity contribution in [3.8, 4) is 0 Å². The molecular weight excluding hydrogens is 300 g/mol. The summed E-state index contributed by atoms with van der Waals surface area (Å²) in [4.78, 5) is 21.9. The zero-order chi connectivity index (χ0) is 16.2. The van der Waals surface area contributed by atoms with Crippen LogP contribution >= 0.6 is 0 Å². The number of rotatable bonds is 6.